The largest absolute Gasteiger partial charge is 0.434 e. The number of nitrogens with zero attached hydrogens (tertiary/aromatic N) is 3. The van der Waals surface area contributed by atoms with E-state index < -0.39 is 12.6 Å². The highest BCUT2D eigenvalue weighted by molar-refractivity contribution is 5.90. The molecule has 0 spiro atoms. The summed E-state index contributed by atoms with van der Waals surface area (Å²) in [6.45, 7) is -1.05. The molecule has 0 saturated heterocycles. The van der Waals surface area contributed by atoms with Crippen molar-refractivity contribution in [2.24, 2.45) is 0 Å². The van der Waals surface area contributed by atoms with Gasteiger partial charge in [-0.05, 0) is 19.1 Å². The number of carbonyl (C=O) groups is 1. The van der Waals surface area contributed by atoms with Gasteiger partial charge in [0.25, 0.3) is 0 Å². The number of rotatable bonds is 5. The first kappa shape index (κ1) is 16.6. The summed E-state index contributed by atoms with van der Waals surface area (Å²) in [5.41, 5.74) is 1.46. The number of carbonyl (C=O) groups excluding carboxylic acids is 1. The molecular weight excluding hydrogens is 306 g/mol. The summed E-state index contributed by atoms with van der Waals surface area (Å²) < 4.78 is 29.1. The third kappa shape index (κ3) is 4.60. The van der Waals surface area contributed by atoms with Gasteiger partial charge in [-0.1, -0.05) is 6.07 Å². The topological polar surface area (TPSA) is 67.4 Å². The van der Waals surface area contributed by atoms with Gasteiger partial charge in [0.2, 0.25) is 0 Å². The fraction of sp³-hybridized carbons (Fsp3) is 0.267. The zero-order chi connectivity index (χ0) is 16.8. The van der Waals surface area contributed by atoms with E-state index >= 15 is 0 Å². The van der Waals surface area contributed by atoms with E-state index in [1.807, 2.05) is 0 Å². The van der Waals surface area contributed by atoms with Crippen LogP contribution in [0.2, 0.25) is 0 Å². The highest BCUT2D eigenvalue weighted by Gasteiger charge is 2.14. The minimum atomic E-state index is -2.92. The number of alkyl halides is 2. The zero-order valence-electron chi connectivity index (χ0n) is 12.7. The van der Waals surface area contributed by atoms with Crippen molar-refractivity contribution >= 4 is 11.7 Å². The molecule has 23 heavy (non-hydrogen) atoms. The Kier molecular flexibility index (Phi) is 5.40. The summed E-state index contributed by atoms with van der Waals surface area (Å²) in [4.78, 5) is 21.6. The summed E-state index contributed by atoms with van der Waals surface area (Å²) in [5.74, 6) is 0.0226. The molecule has 1 aromatic heterocycles. The minimum Gasteiger partial charge on any atom is -0.434 e. The van der Waals surface area contributed by atoms with E-state index in [-0.39, 0.29) is 12.3 Å². The zero-order valence-corrected chi connectivity index (χ0v) is 12.7. The minimum absolute atomic E-state index is 0.0226. The summed E-state index contributed by atoms with van der Waals surface area (Å²) in [5, 5.41) is 2.66. The Morgan fingerprint density at radius 3 is 2.83 bits per heavy atom. The van der Waals surface area contributed by atoms with E-state index in [1.54, 1.807) is 32.4 Å². The molecule has 0 aliphatic heterocycles. The number of ether oxygens (including phenoxy) is 1. The van der Waals surface area contributed by atoms with Crippen LogP contribution >= 0.6 is 0 Å². The van der Waals surface area contributed by atoms with Gasteiger partial charge in [-0.2, -0.15) is 8.78 Å². The van der Waals surface area contributed by atoms with Crippen LogP contribution in [0.4, 0.5) is 19.3 Å². The van der Waals surface area contributed by atoms with Gasteiger partial charge in [-0.15, -0.1) is 0 Å². The van der Waals surface area contributed by atoms with Gasteiger partial charge in [0.1, 0.15) is 5.75 Å². The molecule has 2 rings (SSSR count). The number of nitrogens with one attached hydrogen (secondary N) is 1. The summed E-state index contributed by atoms with van der Waals surface area (Å²) in [6, 6.07) is 4.17. The summed E-state index contributed by atoms with van der Waals surface area (Å²) in [7, 11) is 1.60. The molecule has 8 heteroatoms. The van der Waals surface area contributed by atoms with Crippen LogP contribution < -0.4 is 10.1 Å². The highest BCUT2D eigenvalue weighted by Crippen LogP contribution is 2.27. The van der Waals surface area contributed by atoms with Crippen LogP contribution in [-0.4, -0.2) is 34.6 Å². The maximum absolute atomic E-state index is 12.3. The Bertz CT molecular complexity index is 668. The molecule has 6 nitrogen and oxygen atoms in total. The lowest BCUT2D eigenvalue weighted by Crippen LogP contribution is -2.31. The van der Waals surface area contributed by atoms with Gasteiger partial charge in [0.05, 0.1) is 18.4 Å². The molecule has 0 bridgehead atoms. The van der Waals surface area contributed by atoms with E-state index in [1.165, 1.54) is 23.2 Å². The fourth-order valence-electron chi connectivity index (χ4n) is 1.91. The predicted octanol–water partition coefficient (Wildman–Crippen LogP) is 3.05. The molecule has 0 fully saturated rings. The monoisotopic (exact) mass is 322 g/mol. The first-order valence-electron chi connectivity index (χ1n) is 6.79. The molecule has 0 saturated carbocycles. The summed E-state index contributed by atoms with van der Waals surface area (Å²) >= 11 is 0. The van der Waals surface area contributed by atoms with E-state index in [4.69, 9.17) is 0 Å². The summed E-state index contributed by atoms with van der Waals surface area (Å²) in [6.07, 6.45) is 4.64. The van der Waals surface area contributed by atoms with Crippen LogP contribution in [0.3, 0.4) is 0 Å². The standard InChI is InChI=1S/C15H16F2N4O2/c1-10-12(4-3-5-13(10)23-14(16)17)20-15(22)21(2)9-11-8-18-6-7-19-11/h3-8,14H,9H2,1-2H3,(H,20,22). The van der Waals surface area contributed by atoms with Gasteiger partial charge < -0.3 is 15.0 Å². The number of halogens is 2. The van der Waals surface area contributed by atoms with Gasteiger partial charge in [-0.25, -0.2) is 4.79 Å². The van der Waals surface area contributed by atoms with Crippen molar-refractivity contribution in [1.82, 2.24) is 14.9 Å². The highest BCUT2D eigenvalue weighted by atomic mass is 19.3. The fourth-order valence-corrected chi connectivity index (χ4v) is 1.91. The average molecular weight is 322 g/mol. The Balaban J connectivity index is 2.05. The SMILES string of the molecule is Cc1c(NC(=O)N(C)Cc2cnccn2)cccc1OC(F)F. The third-order valence-corrected chi connectivity index (χ3v) is 3.10. The quantitative estimate of drug-likeness (QED) is 0.919. The molecule has 2 amide bonds. The van der Waals surface area contributed by atoms with Crippen molar-refractivity contribution in [2.45, 2.75) is 20.1 Å². The normalized spacial score (nSPS) is 10.5. The number of hydrogen-bond donors (Lipinski definition) is 1. The van der Waals surface area contributed by atoms with Crippen LogP contribution in [0, 0.1) is 6.92 Å². The molecule has 0 radical (unpaired) electrons. The first-order chi connectivity index (χ1) is 11.0. The van der Waals surface area contributed by atoms with Gasteiger partial charge in [-0.3, -0.25) is 9.97 Å². The molecule has 0 atom stereocenters. The molecule has 1 heterocycles. The maximum atomic E-state index is 12.3. The third-order valence-electron chi connectivity index (χ3n) is 3.10. The van der Waals surface area contributed by atoms with E-state index in [2.05, 4.69) is 20.0 Å². The van der Waals surface area contributed by atoms with Crippen molar-refractivity contribution in [3.8, 4) is 5.75 Å². The van der Waals surface area contributed by atoms with Crippen molar-refractivity contribution in [3.05, 3.63) is 48.0 Å². The van der Waals surface area contributed by atoms with Crippen LogP contribution in [0.25, 0.3) is 0 Å². The smallest absolute Gasteiger partial charge is 0.387 e. The number of anilines is 1. The molecule has 1 aromatic carbocycles. The number of urea groups is 1. The number of aromatic nitrogens is 2. The molecule has 122 valence electrons. The lowest BCUT2D eigenvalue weighted by molar-refractivity contribution is -0.0502. The lowest BCUT2D eigenvalue weighted by atomic mass is 10.2. The second-order valence-corrected chi connectivity index (χ2v) is 4.79. The maximum Gasteiger partial charge on any atom is 0.387 e. The van der Waals surface area contributed by atoms with Crippen molar-refractivity contribution in [1.29, 1.82) is 0 Å². The van der Waals surface area contributed by atoms with Gasteiger partial charge in [0.15, 0.2) is 0 Å². The van der Waals surface area contributed by atoms with Gasteiger partial charge >= 0.3 is 12.6 Å². The van der Waals surface area contributed by atoms with E-state index in [0.717, 1.165) is 0 Å². The predicted molar refractivity (Wildman–Crippen MR) is 80.3 cm³/mol. The van der Waals surface area contributed by atoms with E-state index in [0.29, 0.717) is 16.9 Å². The molecule has 0 aliphatic carbocycles. The van der Waals surface area contributed by atoms with Crippen LogP contribution in [0.1, 0.15) is 11.3 Å². The van der Waals surface area contributed by atoms with Crippen LogP contribution in [0.15, 0.2) is 36.8 Å². The Labute approximate surface area is 132 Å². The Hall–Kier alpha value is -2.77. The lowest BCUT2D eigenvalue weighted by Gasteiger charge is -2.19. The van der Waals surface area contributed by atoms with E-state index in [9.17, 15) is 13.6 Å². The number of benzene rings is 1. The second-order valence-electron chi connectivity index (χ2n) is 4.79. The van der Waals surface area contributed by atoms with Gasteiger partial charge in [0, 0.05) is 30.7 Å². The van der Waals surface area contributed by atoms with Crippen molar-refractivity contribution < 1.29 is 18.3 Å². The Morgan fingerprint density at radius 1 is 1.39 bits per heavy atom. The first-order valence-corrected chi connectivity index (χ1v) is 6.79. The molecule has 1 N–H and O–H groups in total. The number of hydrogen-bond acceptors (Lipinski definition) is 4. The molecule has 2 aromatic rings. The molecule has 0 unspecified atom stereocenters. The van der Waals surface area contributed by atoms with Crippen LogP contribution in [-0.2, 0) is 6.54 Å². The average Bonchev–Trinajstić information content (AvgIpc) is 2.51. The van der Waals surface area contributed by atoms with Crippen molar-refractivity contribution in [3.63, 3.8) is 0 Å². The molecular formula is C15H16F2N4O2. The second kappa shape index (κ2) is 7.48. The number of amides is 2. The Morgan fingerprint density at radius 2 is 2.17 bits per heavy atom. The van der Waals surface area contributed by atoms with Crippen LogP contribution in [0.5, 0.6) is 5.75 Å². The van der Waals surface area contributed by atoms with Crippen molar-refractivity contribution in [2.75, 3.05) is 12.4 Å². The molecule has 0 aliphatic rings.